The average molecular weight is 418 g/mol. The third kappa shape index (κ3) is 4.39. The number of thioether (sulfide) groups is 1. The molecule has 4 rings (SSSR count). The first kappa shape index (κ1) is 18.6. The lowest BCUT2D eigenvalue weighted by atomic mass is 10.1. The number of hydrogen-bond acceptors (Lipinski definition) is 5. The molecule has 7 heteroatoms. The van der Waals surface area contributed by atoms with Gasteiger partial charge in [-0.05, 0) is 43.5 Å². The second kappa shape index (κ2) is 8.50. The summed E-state index contributed by atoms with van der Waals surface area (Å²) >= 11 is 9.54. The van der Waals surface area contributed by atoms with E-state index >= 15 is 0 Å². The Morgan fingerprint density at radius 2 is 1.96 bits per heavy atom. The molecule has 1 fully saturated rings. The summed E-state index contributed by atoms with van der Waals surface area (Å²) in [5.41, 5.74) is 2.71. The molecule has 140 valence electrons. The zero-order chi connectivity index (χ0) is 18.6. The van der Waals surface area contributed by atoms with Gasteiger partial charge in [-0.15, -0.1) is 11.3 Å². The molecule has 1 saturated heterocycles. The highest BCUT2D eigenvalue weighted by atomic mass is 35.5. The Hall–Kier alpha value is -1.76. The van der Waals surface area contributed by atoms with E-state index in [1.807, 2.05) is 42.5 Å². The topological polar surface area (TPSA) is 45.2 Å². The highest BCUT2D eigenvalue weighted by Crippen LogP contribution is 2.36. The number of aromatic nitrogens is 1. The van der Waals surface area contributed by atoms with Gasteiger partial charge in [0.05, 0.1) is 32.4 Å². The van der Waals surface area contributed by atoms with E-state index < -0.39 is 0 Å². The molecular weight excluding hydrogens is 398 g/mol. The van der Waals surface area contributed by atoms with Crippen LogP contribution in [0.2, 0.25) is 5.02 Å². The van der Waals surface area contributed by atoms with Gasteiger partial charge in [-0.2, -0.15) is 0 Å². The van der Waals surface area contributed by atoms with Crippen molar-refractivity contribution >= 4 is 62.2 Å². The van der Waals surface area contributed by atoms with Crippen molar-refractivity contribution in [2.45, 2.75) is 23.6 Å². The lowest BCUT2D eigenvalue weighted by Gasteiger charge is -2.31. The molecule has 0 aliphatic carbocycles. The van der Waals surface area contributed by atoms with Crippen molar-refractivity contribution in [2.24, 2.45) is 0 Å². The number of nitrogens with zero attached hydrogens (tertiary/aromatic N) is 2. The Labute approximate surface area is 171 Å². The van der Waals surface area contributed by atoms with Crippen molar-refractivity contribution < 1.29 is 4.79 Å². The second-order valence-corrected chi connectivity index (χ2v) is 9.13. The molecule has 0 radical (unpaired) electrons. The Morgan fingerprint density at radius 3 is 2.78 bits per heavy atom. The van der Waals surface area contributed by atoms with Crippen molar-refractivity contribution in [3.63, 3.8) is 0 Å². The maximum Gasteiger partial charge on any atom is 0.234 e. The summed E-state index contributed by atoms with van der Waals surface area (Å²) in [5, 5.41) is 3.73. The summed E-state index contributed by atoms with van der Waals surface area (Å²) in [7, 11) is 0. The number of halogens is 1. The van der Waals surface area contributed by atoms with E-state index in [1.54, 1.807) is 11.3 Å². The number of nitrogens with one attached hydrogen (secondary N) is 1. The van der Waals surface area contributed by atoms with E-state index in [9.17, 15) is 4.79 Å². The van der Waals surface area contributed by atoms with Crippen molar-refractivity contribution in [1.82, 2.24) is 4.98 Å². The minimum absolute atomic E-state index is 0.0419. The lowest BCUT2D eigenvalue weighted by Crippen LogP contribution is -2.30. The summed E-state index contributed by atoms with van der Waals surface area (Å²) in [5.74, 6) is 0.283. The molecule has 0 spiro atoms. The van der Waals surface area contributed by atoms with E-state index in [0.717, 1.165) is 51.9 Å². The Kier molecular flexibility index (Phi) is 5.86. The van der Waals surface area contributed by atoms with Crippen LogP contribution in [0.5, 0.6) is 0 Å². The molecule has 3 aromatic rings. The van der Waals surface area contributed by atoms with Gasteiger partial charge in [-0.3, -0.25) is 4.79 Å². The monoisotopic (exact) mass is 417 g/mol. The zero-order valence-corrected chi connectivity index (χ0v) is 17.2. The van der Waals surface area contributed by atoms with Gasteiger partial charge in [0.25, 0.3) is 0 Å². The molecule has 0 unspecified atom stereocenters. The van der Waals surface area contributed by atoms with Crippen LogP contribution in [0.4, 0.5) is 11.4 Å². The standard InChI is InChI=1S/C20H20ClN3OS2/c21-14-7-6-9-16(19(14)24-11-4-1-5-12-24)22-18(25)13-26-20-23-15-8-2-3-10-17(15)27-20/h2-3,6-10H,1,4-5,11-13H2,(H,22,25). The van der Waals surface area contributed by atoms with Gasteiger partial charge in [0.1, 0.15) is 0 Å². The van der Waals surface area contributed by atoms with Gasteiger partial charge in [-0.25, -0.2) is 4.98 Å². The van der Waals surface area contributed by atoms with Gasteiger partial charge in [0.15, 0.2) is 4.34 Å². The maximum atomic E-state index is 12.5. The number of hydrogen-bond donors (Lipinski definition) is 1. The minimum Gasteiger partial charge on any atom is -0.369 e. The van der Waals surface area contributed by atoms with Crippen LogP contribution >= 0.6 is 34.7 Å². The number of piperidine rings is 1. The maximum absolute atomic E-state index is 12.5. The summed E-state index contributed by atoms with van der Waals surface area (Å²) in [4.78, 5) is 19.4. The van der Waals surface area contributed by atoms with Gasteiger partial charge in [0.2, 0.25) is 5.91 Å². The first-order valence-electron chi connectivity index (χ1n) is 9.02. The number of thiazole rings is 1. The van der Waals surface area contributed by atoms with Gasteiger partial charge < -0.3 is 10.2 Å². The van der Waals surface area contributed by atoms with Gasteiger partial charge >= 0.3 is 0 Å². The molecule has 1 aliphatic heterocycles. The number of fused-ring (bicyclic) bond motifs is 1. The molecule has 1 aliphatic rings. The predicted octanol–water partition coefficient (Wildman–Crippen LogP) is 5.67. The molecule has 1 amide bonds. The van der Waals surface area contributed by atoms with E-state index in [1.165, 1.54) is 18.2 Å². The molecule has 1 aromatic heterocycles. The molecule has 27 heavy (non-hydrogen) atoms. The smallest absolute Gasteiger partial charge is 0.234 e. The lowest BCUT2D eigenvalue weighted by molar-refractivity contribution is -0.113. The molecule has 1 N–H and O–H groups in total. The number of anilines is 2. The zero-order valence-electron chi connectivity index (χ0n) is 14.8. The van der Waals surface area contributed by atoms with Crippen LogP contribution < -0.4 is 10.2 Å². The first-order valence-corrected chi connectivity index (χ1v) is 11.2. The second-order valence-electron chi connectivity index (χ2n) is 6.47. The largest absolute Gasteiger partial charge is 0.369 e. The summed E-state index contributed by atoms with van der Waals surface area (Å²) in [6, 6.07) is 13.7. The number of amides is 1. The third-order valence-corrected chi connectivity index (χ3v) is 7.02. The Balaban J connectivity index is 1.44. The van der Waals surface area contributed by atoms with E-state index in [2.05, 4.69) is 15.2 Å². The minimum atomic E-state index is -0.0419. The SMILES string of the molecule is O=C(CSc1nc2ccccc2s1)Nc1cccc(Cl)c1N1CCCCC1. The van der Waals surface area contributed by atoms with Crippen LogP contribution in [0.3, 0.4) is 0 Å². The molecule has 0 saturated carbocycles. The molecule has 0 atom stereocenters. The normalized spacial score (nSPS) is 14.5. The summed E-state index contributed by atoms with van der Waals surface area (Å²) in [6.45, 7) is 1.96. The fourth-order valence-corrected chi connectivity index (χ4v) is 5.44. The summed E-state index contributed by atoms with van der Waals surface area (Å²) < 4.78 is 2.05. The predicted molar refractivity (Wildman–Crippen MR) is 116 cm³/mol. The van der Waals surface area contributed by atoms with Crippen LogP contribution in [0, 0.1) is 0 Å². The van der Waals surface area contributed by atoms with E-state index in [-0.39, 0.29) is 5.91 Å². The van der Waals surface area contributed by atoms with Crippen molar-refractivity contribution in [3.05, 3.63) is 47.5 Å². The van der Waals surface area contributed by atoms with Crippen LogP contribution in [0.25, 0.3) is 10.2 Å². The number of carbonyl (C=O) groups is 1. The van der Waals surface area contributed by atoms with Crippen LogP contribution in [-0.2, 0) is 4.79 Å². The number of para-hydroxylation sites is 2. The van der Waals surface area contributed by atoms with E-state index in [4.69, 9.17) is 11.6 Å². The molecule has 2 aromatic carbocycles. The highest BCUT2D eigenvalue weighted by Gasteiger charge is 2.19. The molecule has 4 nitrogen and oxygen atoms in total. The van der Waals surface area contributed by atoms with Crippen molar-refractivity contribution in [3.8, 4) is 0 Å². The van der Waals surface area contributed by atoms with Gasteiger partial charge in [-0.1, -0.05) is 41.6 Å². The number of carbonyl (C=O) groups excluding carboxylic acids is 1. The Bertz CT molecular complexity index is 920. The van der Waals surface area contributed by atoms with Crippen molar-refractivity contribution in [2.75, 3.05) is 29.1 Å². The van der Waals surface area contributed by atoms with Gasteiger partial charge in [0, 0.05) is 13.1 Å². The van der Waals surface area contributed by atoms with Crippen LogP contribution in [0.1, 0.15) is 19.3 Å². The van der Waals surface area contributed by atoms with Crippen LogP contribution in [-0.4, -0.2) is 29.7 Å². The highest BCUT2D eigenvalue weighted by molar-refractivity contribution is 8.01. The fourth-order valence-electron chi connectivity index (χ4n) is 3.28. The Morgan fingerprint density at radius 1 is 1.15 bits per heavy atom. The first-order chi connectivity index (χ1) is 13.2. The van der Waals surface area contributed by atoms with E-state index in [0.29, 0.717) is 10.8 Å². The summed E-state index contributed by atoms with van der Waals surface area (Å²) in [6.07, 6.45) is 3.57. The fraction of sp³-hybridized carbons (Fsp3) is 0.300. The average Bonchev–Trinajstić information content (AvgIpc) is 3.10. The third-order valence-electron chi connectivity index (χ3n) is 4.53. The number of benzene rings is 2. The van der Waals surface area contributed by atoms with Crippen LogP contribution in [0.15, 0.2) is 46.8 Å². The van der Waals surface area contributed by atoms with Crippen molar-refractivity contribution in [1.29, 1.82) is 0 Å². The molecular formula is C20H20ClN3OS2. The quantitative estimate of drug-likeness (QED) is 0.543. The molecule has 0 bridgehead atoms. The molecule has 2 heterocycles. The number of rotatable bonds is 5.